The number of nitrogens with zero attached hydrogens (tertiary/aromatic N) is 2. The van der Waals surface area contributed by atoms with E-state index >= 15 is 0 Å². The summed E-state index contributed by atoms with van der Waals surface area (Å²) in [4.78, 5) is 38.9. The fourth-order valence-electron chi connectivity index (χ4n) is 3.54. The van der Waals surface area contributed by atoms with Crippen LogP contribution in [0, 0.1) is 6.92 Å². The Labute approximate surface area is 198 Å². The number of hydrogen-bond donors (Lipinski definition) is 1. The summed E-state index contributed by atoms with van der Waals surface area (Å²) in [7, 11) is -2.55. The second-order valence-electron chi connectivity index (χ2n) is 7.74. The van der Waals surface area contributed by atoms with Crippen molar-refractivity contribution >= 4 is 39.2 Å². The molecule has 2 aromatic carbocycles. The molecule has 1 aliphatic rings. The molecule has 0 saturated carbocycles. The molecule has 0 bridgehead atoms. The number of amides is 2. The van der Waals surface area contributed by atoms with Crippen LogP contribution in [0.2, 0.25) is 0 Å². The monoisotopic (exact) mass is 489 g/mol. The second-order valence-corrected chi connectivity index (χ2v) is 9.65. The van der Waals surface area contributed by atoms with Crippen molar-refractivity contribution in [1.82, 2.24) is 4.90 Å². The summed E-state index contributed by atoms with van der Waals surface area (Å²) in [6.07, 6.45) is 0.996. The lowest BCUT2D eigenvalue weighted by Gasteiger charge is -2.27. The first kappa shape index (κ1) is 25.2. The van der Waals surface area contributed by atoms with E-state index in [4.69, 9.17) is 9.47 Å². The molecule has 182 valence electrons. The number of methoxy groups -OCH3 is 1. The molecule has 0 unspecified atom stereocenters. The number of carbonyl (C=O) groups excluding carboxylic acids is 3. The van der Waals surface area contributed by atoms with Crippen LogP contribution >= 0.6 is 0 Å². The third kappa shape index (κ3) is 5.91. The standard InChI is InChI=1S/C23H27N3O7S/c1-16-19(23(29)32-2)5-4-6-20(16)24-21(27)15-26(34(3,30)31)18-9-7-17(8-10-18)22(28)25-11-13-33-14-12-25/h4-10H,11-15H2,1-3H3,(H,24,27). The fraction of sp³-hybridized carbons (Fsp3) is 0.348. The van der Waals surface area contributed by atoms with Crippen LogP contribution in [-0.4, -0.2) is 77.3 Å². The Morgan fingerprint density at radius 1 is 1.09 bits per heavy atom. The maximum absolute atomic E-state index is 12.7. The van der Waals surface area contributed by atoms with Crippen molar-refractivity contribution in [3.8, 4) is 0 Å². The number of esters is 1. The molecule has 1 saturated heterocycles. The van der Waals surface area contributed by atoms with Crippen LogP contribution in [0.15, 0.2) is 42.5 Å². The zero-order chi connectivity index (χ0) is 24.9. The van der Waals surface area contributed by atoms with E-state index in [0.29, 0.717) is 48.7 Å². The van der Waals surface area contributed by atoms with Crippen molar-refractivity contribution in [3.63, 3.8) is 0 Å². The minimum Gasteiger partial charge on any atom is -0.465 e. The van der Waals surface area contributed by atoms with Gasteiger partial charge in [-0.3, -0.25) is 13.9 Å². The number of sulfonamides is 1. The Hall–Kier alpha value is -3.44. The molecule has 0 aliphatic carbocycles. The van der Waals surface area contributed by atoms with Gasteiger partial charge in [0.05, 0.1) is 37.8 Å². The smallest absolute Gasteiger partial charge is 0.338 e. The number of rotatable bonds is 7. The van der Waals surface area contributed by atoms with E-state index < -0.39 is 28.4 Å². The number of anilines is 2. The maximum Gasteiger partial charge on any atom is 0.338 e. The Morgan fingerprint density at radius 2 is 1.74 bits per heavy atom. The van der Waals surface area contributed by atoms with Gasteiger partial charge < -0.3 is 19.7 Å². The van der Waals surface area contributed by atoms with E-state index in [1.54, 1.807) is 30.0 Å². The fourth-order valence-corrected chi connectivity index (χ4v) is 4.40. The van der Waals surface area contributed by atoms with E-state index in [2.05, 4.69) is 5.32 Å². The van der Waals surface area contributed by atoms with Crippen molar-refractivity contribution in [1.29, 1.82) is 0 Å². The molecule has 1 aliphatic heterocycles. The normalized spacial score (nSPS) is 13.8. The molecular formula is C23H27N3O7S. The van der Waals surface area contributed by atoms with E-state index in [-0.39, 0.29) is 11.6 Å². The molecule has 10 nitrogen and oxygen atoms in total. The highest BCUT2D eigenvalue weighted by atomic mass is 32.2. The Balaban J connectivity index is 1.76. The predicted molar refractivity (Wildman–Crippen MR) is 127 cm³/mol. The molecule has 0 aromatic heterocycles. The van der Waals surface area contributed by atoms with Crippen molar-refractivity contribution in [3.05, 3.63) is 59.2 Å². The van der Waals surface area contributed by atoms with Crippen LogP contribution in [0.4, 0.5) is 11.4 Å². The van der Waals surface area contributed by atoms with Crippen LogP contribution in [-0.2, 0) is 24.3 Å². The molecule has 34 heavy (non-hydrogen) atoms. The van der Waals surface area contributed by atoms with Gasteiger partial charge >= 0.3 is 5.97 Å². The van der Waals surface area contributed by atoms with Gasteiger partial charge in [-0.15, -0.1) is 0 Å². The van der Waals surface area contributed by atoms with Gasteiger partial charge in [-0.05, 0) is 48.9 Å². The van der Waals surface area contributed by atoms with Crippen molar-refractivity contribution in [2.45, 2.75) is 6.92 Å². The number of ether oxygens (including phenoxy) is 2. The van der Waals surface area contributed by atoms with Gasteiger partial charge in [0.15, 0.2) is 0 Å². The van der Waals surface area contributed by atoms with E-state index in [1.165, 1.54) is 31.4 Å². The molecule has 1 N–H and O–H groups in total. The summed E-state index contributed by atoms with van der Waals surface area (Å²) in [5, 5.41) is 2.65. The van der Waals surface area contributed by atoms with E-state index in [0.717, 1.165) is 10.6 Å². The molecule has 0 spiro atoms. The highest BCUT2D eigenvalue weighted by Crippen LogP contribution is 2.22. The van der Waals surface area contributed by atoms with Gasteiger partial charge in [0.1, 0.15) is 6.54 Å². The van der Waals surface area contributed by atoms with Gasteiger partial charge in [0.2, 0.25) is 15.9 Å². The predicted octanol–water partition coefficient (Wildman–Crippen LogP) is 1.66. The first-order valence-electron chi connectivity index (χ1n) is 10.5. The van der Waals surface area contributed by atoms with E-state index in [1.807, 2.05) is 0 Å². The highest BCUT2D eigenvalue weighted by Gasteiger charge is 2.23. The van der Waals surface area contributed by atoms with Crippen molar-refractivity contribution in [2.24, 2.45) is 0 Å². The summed E-state index contributed by atoms with van der Waals surface area (Å²) < 4.78 is 35.8. The Kier molecular flexibility index (Phi) is 7.90. The number of nitrogens with one attached hydrogen (secondary N) is 1. The second kappa shape index (κ2) is 10.7. The number of benzene rings is 2. The average molecular weight is 490 g/mol. The lowest BCUT2D eigenvalue weighted by atomic mass is 10.1. The van der Waals surface area contributed by atoms with Gasteiger partial charge in [-0.25, -0.2) is 13.2 Å². The van der Waals surface area contributed by atoms with Crippen LogP contribution in [0.25, 0.3) is 0 Å². The zero-order valence-electron chi connectivity index (χ0n) is 19.2. The molecule has 2 amide bonds. The SMILES string of the molecule is COC(=O)c1cccc(NC(=O)CN(c2ccc(C(=O)N3CCOCC3)cc2)S(C)(=O)=O)c1C. The first-order chi connectivity index (χ1) is 16.1. The minimum absolute atomic E-state index is 0.167. The third-order valence-electron chi connectivity index (χ3n) is 5.40. The maximum atomic E-state index is 12.7. The number of carbonyl (C=O) groups is 3. The summed E-state index contributed by atoms with van der Waals surface area (Å²) in [6.45, 7) is 3.10. The van der Waals surface area contributed by atoms with Gasteiger partial charge in [-0.2, -0.15) is 0 Å². The van der Waals surface area contributed by atoms with Crippen molar-refractivity contribution in [2.75, 3.05) is 55.8 Å². The minimum atomic E-state index is -3.81. The number of morpholine rings is 1. The zero-order valence-corrected chi connectivity index (χ0v) is 20.1. The van der Waals surface area contributed by atoms with Gasteiger partial charge in [0, 0.05) is 24.3 Å². The lowest BCUT2D eigenvalue weighted by molar-refractivity contribution is -0.114. The molecule has 1 fully saturated rings. The summed E-state index contributed by atoms with van der Waals surface area (Å²) >= 11 is 0. The summed E-state index contributed by atoms with van der Waals surface area (Å²) in [6, 6.07) is 10.8. The highest BCUT2D eigenvalue weighted by molar-refractivity contribution is 7.92. The Bertz CT molecular complexity index is 1170. The van der Waals surface area contributed by atoms with Crippen LogP contribution in [0.1, 0.15) is 26.3 Å². The molecule has 3 rings (SSSR count). The molecule has 2 aromatic rings. The largest absolute Gasteiger partial charge is 0.465 e. The van der Waals surface area contributed by atoms with Crippen LogP contribution < -0.4 is 9.62 Å². The summed E-state index contributed by atoms with van der Waals surface area (Å²) in [5.41, 5.74) is 1.82. The number of hydrogen-bond acceptors (Lipinski definition) is 7. The first-order valence-corrected chi connectivity index (χ1v) is 12.4. The average Bonchev–Trinajstić information content (AvgIpc) is 2.83. The molecule has 1 heterocycles. The van der Waals surface area contributed by atoms with Crippen molar-refractivity contribution < 1.29 is 32.3 Å². The molecule has 0 radical (unpaired) electrons. The molecular weight excluding hydrogens is 462 g/mol. The Morgan fingerprint density at radius 3 is 2.32 bits per heavy atom. The quantitative estimate of drug-likeness (QED) is 0.587. The van der Waals surface area contributed by atoms with Gasteiger partial charge in [-0.1, -0.05) is 6.07 Å². The topological polar surface area (TPSA) is 122 Å². The van der Waals surface area contributed by atoms with Crippen LogP contribution in [0.3, 0.4) is 0 Å². The molecule has 11 heteroatoms. The van der Waals surface area contributed by atoms with Gasteiger partial charge in [0.25, 0.3) is 5.91 Å². The van der Waals surface area contributed by atoms with E-state index in [9.17, 15) is 22.8 Å². The molecule has 0 atom stereocenters. The lowest BCUT2D eigenvalue weighted by Crippen LogP contribution is -2.40. The van der Waals surface area contributed by atoms with Crippen LogP contribution in [0.5, 0.6) is 0 Å². The third-order valence-corrected chi connectivity index (χ3v) is 6.54. The summed E-state index contributed by atoms with van der Waals surface area (Å²) in [5.74, 6) is -1.30.